The third kappa shape index (κ3) is 5.51. The maximum absolute atomic E-state index is 13.3. The van der Waals surface area contributed by atoms with Crippen molar-refractivity contribution in [3.05, 3.63) is 76.6 Å². The van der Waals surface area contributed by atoms with Gasteiger partial charge in [-0.1, -0.05) is 30.3 Å². The number of nitrogens with zero attached hydrogens (tertiary/aromatic N) is 1. The Hall–Kier alpha value is -2.97. The van der Waals surface area contributed by atoms with Gasteiger partial charge < -0.3 is 10.3 Å². The van der Waals surface area contributed by atoms with E-state index in [0.29, 0.717) is 30.3 Å². The van der Waals surface area contributed by atoms with Gasteiger partial charge in [-0.2, -0.15) is 4.31 Å². The van der Waals surface area contributed by atoms with E-state index in [1.54, 1.807) is 18.2 Å². The number of sulfonamides is 1. The second-order valence-corrected chi connectivity index (χ2v) is 10.6. The van der Waals surface area contributed by atoms with E-state index in [1.807, 2.05) is 25.1 Å². The lowest BCUT2D eigenvalue weighted by Crippen LogP contribution is -2.47. The Labute approximate surface area is 193 Å². The van der Waals surface area contributed by atoms with Crippen molar-refractivity contribution in [2.24, 2.45) is 5.92 Å². The first-order chi connectivity index (χ1) is 15.8. The number of hydrogen-bond acceptors (Lipinski definition) is 4. The predicted molar refractivity (Wildman–Crippen MR) is 128 cm³/mol. The molecule has 0 aliphatic carbocycles. The number of aromatic nitrogens is 1. The van der Waals surface area contributed by atoms with Gasteiger partial charge >= 0.3 is 0 Å². The van der Waals surface area contributed by atoms with Crippen molar-refractivity contribution in [1.29, 1.82) is 0 Å². The minimum absolute atomic E-state index is 0.00679. The highest BCUT2D eigenvalue weighted by Gasteiger charge is 2.33. The number of H-pyrrole nitrogens is 1. The molecule has 0 spiro atoms. The molecule has 1 aromatic heterocycles. The standard InChI is InChI=1S/C25H29N3O4S/c1-18(9-10-19-6-3-2-4-7-19)26-25(30)21-8-5-15-28(17-21)33(31,32)22-12-13-23-20(16-22)11-14-24(29)27-23/h2-4,6-7,11-14,16,18,21H,5,8-10,15,17H2,1H3,(H,26,30)(H,27,29)/t18-,21+/m1/s1. The van der Waals surface area contributed by atoms with Crippen LogP contribution in [0.2, 0.25) is 0 Å². The van der Waals surface area contributed by atoms with E-state index < -0.39 is 10.0 Å². The Morgan fingerprint density at radius 1 is 1.15 bits per heavy atom. The molecule has 1 amide bonds. The second-order valence-electron chi connectivity index (χ2n) is 8.71. The van der Waals surface area contributed by atoms with E-state index in [2.05, 4.69) is 22.4 Å². The molecule has 0 radical (unpaired) electrons. The van der Waals surface area contributed by atoms with Crippen LogP contribution in [0.5, 0.6) is 0 Å². The van der Waals surface area contributed by atoms with Crippen molar-refractivity contribution < 1.29 is 13.2 Å². The summed E-state index contributed by atoms with van der Waals surface area (Å²) >= 11 is 0. The zero-order valence-corrected chi connectivity index (χ0v) is 19.5. The number of carbonyl (C=O) groups excluding carboxylic acids is 1. The monoisotopic (exact) mass is 467 g/mol. The summed E-state index contributed by atoms with van der Waals surface area (Å²) in [7, 11) is -3.74. The topological polar surface area (TPSA) is 99.3 Å². The van der Waals surface area contributed by atoms with Crippen LogP contribution in [0, 0.1) is 5.92 Å². The van der Waals surface area contributed by atoms with Crippen LogP contribution in [-0.4, -0.2) is 42.7 Å². The first-order valence-electron chi connectivity index (χ1n) is 11.3. The van der Waals surface area contributed by atoms with Crippen molar-refractivity contribution >= 4 is 26.8 Å². The summed E-state index contributed by atoms with van der Waals surface area (Å²) in [4.78, 5) is 27.2. The molecule has 0 saturated carbocycles. The molecule has 8 heteroatoms. The Bertz CT molecular complexity index is 1290. The highest BCUT2D eigenvalue weighted by atomic mass is 32.2. The largest absolute Gasteiger partial charge is 0.353 e. The summed E-state index contributed by atoms with van der Waals surface area (Å²) in [6.45, 7) is 2.54. The van der Waals surface area contributed by atoms with Gasteiger partial charge in [0.25, 0.3) is 0 Å². The number of amides is 1. The van der Waals surface area contributed by atoms with Gasteiger partial charge in [-0.05, 0) is 67.8 Å². The summed E-state index contributed by atoms with van der Waals surface area (Å²) in [6, 6.07) is 17.8. The van der Waals surface area contributed by atoms with Crippen LogP contribution in [0.4, 0.5) is 0 Å². The van der Waals surface area contributed by atoms with Crippen LogP contribution >= 0.6 is 0 Å². The Morgan fingerprint density at radius 2 is 1.94 bits per heavy atom. The normalized spacial score (nSPS) is 18.2. The van der Waals surface area contributed by atoms with Crippen LogP contribution in [0.25, 0.3) is 10.9 Å². The molecule has 2 heterocycles. The molecule has 1 saturated heterocycles. The molecule has 1 fully saturated rings. The fourth-order valence-corrected chi connectivity index (χ4v) is 5.84. The highest BCUT2D eigenvalue weighted by Crippen LogP contribution is 2.26. The first-order valence-corrected chi connectivity index (χ1v) is 12.7. The van der Waals surface area contributed by atoms with Crippen LogP contribution in [0.3, 0.4) is 0 Å². The molecule has 33 heavy (non-hydrogen) atoms. The van der Waals surface area contributed by atoms with Gasteiger partial charge in [0.15, 0.2) is 0 Å². The number of aromatic amines is 1. The molecule has 7 nitrogen and oxygen atoms in total. The van der Waals surface area contributed by atoms with Gasteiger partial charge in [0.05, 0.1) is 10.8 Å². The highest BCUT2D eigenvalue weighted by molar-refractivity contribution is 7.89. The number of nitrogens with one attached hydrogen (secondary N) is 2. The average Bonchev–Trinajstić information content (AvgIpc) is 2.83. The molecule has 2 N–H and O–H groups in total. The van der Waals surface area contributed by atoms with E-state index in [4.69, 9.17) is 0 Å². The van der Waals surface area contributed by atoms with E-state index in [1.165, 1.54) is 22.0 Å². The lowest BCUT2D eigenvalue weighted by atomic mass is 9.98. The summed E-state index contributed by atoms with van der Waals surface area (Å²) in [5.41, 5.74) is 1.58. The molecular weight excluding hydrogens is 438 g/mol. The Kier molecular flexibility index (Phi) is 6.95. The molecule has 1 aliphatic rings. The van der Waals surface area contributed by atoms with Gasteiger partial charge in [-0.25, -0.2) is 8.42 Å². The fraction of sp³-hybridized carbons (Fsp3) is 0.360. The molecule has 4 rings (SSSR count). The maximum atomic E-state index is 13.3. The molecular formula is C25H29N3O4S. The van der Waals surface area contributed by atoms with Crippen LogP contribution < -0.4 is 10.9 Å². The molecule has 0 unspecified atom stereocenters. The number of pyridine rings is 1. The lowest BCUT2D eigenvalue weighted by molar-refractivity contribution is -0.126. The average molecular weight is 468 g/mol. The smallest absolute Gasteiger partial charge is 0.248 e. The third-order valence-electron chi connectivity index (χ3n) is 6.19. The molecule has 2 aromatic carbocycles. The molecule has 174 valence electrons. The van der Waals surface area contributed by atoms with E-state index in [-0.39, 0.29) is 34.9 Å². The number of piperidine rings is 1. The summed E-state index contributed by atoms with van der Waals surface area (Å²) in [5.74, 6) is -0.462. The number of hydrogen-bond donors (Lipinski definition) is 2. The van der Waals surface area contributed by atoms with Crippen molar-refractivity contribution in [2.75, 3.05) is 13.1 Å². The number of aryl methyl sites for hydroxylation is 1. The Balaban J connectivity index is 1.40. The predicted octanol–water partition coefficient (Wildman–Crippen LogP) is 3.07. The van der Waals surface area contributed by atoms with Crippen molar-refractivity contribution in [3.63, 3.8) is 0 Å². The fourth-order valence-electron chi connectivity index (χ4n) is 4.28. The minimum Gasteiger partial charge on any atom is -0.353 e. The quantitative estimate of drug-likeness (QED) is 0.558. The maximum Gasteiger partial charge on any atom is 0.248 e. The molecule has 2 atom stereocenters. The van der Waals surface area contributed by atoms with Crippen molar-refractivity contribution in [2.45, 2.75) is 43.5 Å². The Morgan fingerprint density at radius 3 is 2.73 bits per heavy atom. The number of fused-ring (bicyclic) bond motifs is 1. The number of carbonyl (C=O) groups is 1. The molecule has 3 aromatic rings. The summed E-state index contributed by atoms with van der Waals surface area (Å²) < 4.78 is 27.9. The summed E-state index contributed by atoms with van der Waals surface area (Å²) in [6.07, 6.45) is 3.00. The third-order valence-corrected chi connectivity index (χ3v) is 8.05. The molecule has 0 bridgehead atoms. The van der Waals surface area contributed by atoms with Crippen LogP contribution in [0.15, 0.2) is 70.4 Å². The first kappa shape index (κ1) is 23.2. The number of rotatable bonds is 7. The van der Waals surface area contributed by atoms with Gasteiger partial charge in [0.1, 0.15) is 0 Å². The lowest BCUT2D eigenvalue weighted by Gasteiger charge is -2.32. The van der Waals surface area contributed by atoms with E-state index in [0.717, 1.165) is 12.8 Å². The van der Waals surface area contributed by atoms with Crippen molar-refractivity contribution in [1.82, 2.24) is 14.6 Å². The summed E-state index contributed by atoms with van der Waals surface area (Å²) in [5, 5.41) is 3.71. The molecule has 1 aliphatic heterocycles. The second kappa shape index (κ2) is 9.89. The van der Waals surface area contributed by atoms with Crippen molar-refractivity contribution in [3.8, 4) is 0 Å². The zero-order valence-electron chi connectivity index (χ0n) is 18.7. The van der Waals surface area contributed by atoms with Gasteiger partial charge in [-0.3, -0.25) is 9.59 Å². The van der Waals surface area contributed by atoms with Gasteiger partial charge in [-0.15, -0.1) is 0 Å². The number of benzene rings is 2. The van der Waals surface area contributed by atoms with Gasteiger partial charge in [0.2, 0.25) is 21.5 Å². The van der Waals surface area contributed by atoms with Crippen LogP contribution in [0.1, 0.15) is 31.7 Å². The van der Waals surface area contributed by atoms with Gasteiger partial charge in [0, 0.05) is 30.7 Å². The van der Waals surface area contributed by atoms with E-state index >= 15 is 0 Å². The van der Waals surface area contributed by atoms with E-state index in [9.17, 15) is 18.0 Å². The SMILES string of the molecule is C[C@H](CCc1ccccc1)NC(=O)[C@H]1CCCN(S(=O)(=O)c2ccc3[nH]c(=O)ccc3c2)C1. The van der Waals surface area contributed by atoms with Crippen LogP contribution in [-0.2, 0) is 21.2 Å². The zero-order chi connectivity index (χ0) is 23.4. The minimum atomic E-state index is -3.74.